The summed E-state index contributed by atoms with van der Waals surface area (Å²) >= 11 is 0. The fourth-order valence-electron chi connectivity index (χ4n) is 3.74. The van der Waals surface area contributed by atoms with Crippen LogP contribution in [0.3, 0.4) is 0 Å². The van der Waals surface area contributed by atoms with Crippen molar-refractivity contribution in [2.24, 2.45) is 0 Å². The summed E-state index contributed by atoms with van der Waals surface area (Å²) in [5.41, 5.74) is 6.13. The SMILES string of the molecule is O=C(Cc1ccc(-c2ccccc2)cc1)NCCn1ncc2c1CCCC2. The summed E-state index contributed by atoms with van der Waals surface area (Å²) in [7, 11) is 0. The number of hydrogen-bond donors (Lipinski definition) is 1. The molecule has 27 heavy (non-hydrogen) atoms. The van der Waals surface area contributed by atoms with Crippen LogP contribution in [0.25, 0.3) is 11.1 Å². The summed E-state index contributed by atoms with van der Waals surface area (Å²) in [5, 5.41) is 7.51. The van der Waals surface area contributed by atoms with Crippen LogP contribution in [-0.2, 0) is 30.6 Å². The predicted molar refractivity (Wildman–Crippen MR) is 107 cm³/mol. The maximum Gasteiger partial charge on any atom is 0.224 e. The lowest BCUT2D eigenvalue weighted by Gasteiger charge is -2.14. The molecule has 1 amide bonds. The number of fused-ring (bicyclic) bond motifs is 1. The summed E-state index contributed by atoms with van der Waals surface area (Å²) in [6, 6.07) is 18.5. The van der Waals surface area contributed by atoms with Gasteiger partial charge in [0.2, 0.25) is 5.91 Å². The molecular formula is C23H25N3O. The molecule has 1 aliphatic carbocycles. The van der Waals surface area contributed by atoms with Gasteiger partial charge in [0.1, 0.15) is 0 Å². The molecular weight excluding hydrogens is 334 g/mol. The van der Waals surface area contributed by atoms with Gasteiger partial charge in [-0.05, 0) is 47.9 Å². The molecule has 0 spiro atoms. The summed E-state index contributed by atoms with van der Waals surface area (Å²) in [6.45, 7) is 1.36. The van der Waals surface area contributed by atoms with E-state index in [-0.39, 0.29) is 5.91 Å². The Morgan fingerprint density at radius 2 is 1.70 bits per heavy atom. The Kier molecular flexibility index (Phi) is 5.33. The number of hydrogen-bond acceptors (Lipinski definition) is 2. The van der Waals surface area contributed by atoms with Crippen molar-refractivity contribution in [2.45, 2.75) is 38.6 Å². The van der Waals surface area contributed by atoms with Gasteiger partial charge in [-0.15, -0.1) is 0 Å². The number of carbonyl (C=O) groups excluding carboxylic acids is 1. The number of amides is 1. The minimum atomic E-state index is 0.0588. The largest absolute Gasteiger partial charge is 0.354 e. The highest BCUT2D eigenvalue weighted by Gasteiger charge is 2.14. The second-order valence-corrected chi connectivity index (χ2v) is 7.14. The first-order valence-electron chi connectivity index (χ1n) is 9.74. The number of carbonyl (C=O) groups is 1. The molecule has 0 radical (unpaired) electrons. The van der Waals surface area contributed by atoms with Crippen LogP contribution in [0.2, 0.25) is 0 Å². The zero-order valence-corrected chi connectivity index (χ0v) is 15.5. The minimum Gasteiger partial charge on any atom is -0.354 e. The van der Waals surface area contributed by atoms with Crippen LogP contribution >= 0.6 is 0 Å². The Labute approximate surface area is 160 Å². The summed E-state index contributed by atoms with van der Waals surface area (Å²) in [4.78, 5) is 12.2. The second kappa shape index (κ2) is 8.21. The topological polar surface area (TPSA) is 46.9 Å². The Bertz CT molecular complexity index is 897. The van der Waals surface area contributed by atoms with Crippen LogP contribution < -0.4 is 5.32 Å². The van der Waals surface area contributed by atoms with Crippen molar-refractivity contribution in [3.63, 3.8) is 0 Å². The van der Waals surface area contributed by atoms with Gasteiger partial charge in [0.05, 0.1) is 19.2 Å². The monoisotopic (exact) mass is 359 g/mol. The molecule has 0 bridgehead atoms. The molecule has 0 saturated heterocycles. The van der Waals surface area contributed by atoms with Gasteiger partial charge in [0.15, 0.2) is 0 Å². The number of benzene rings is 2. The lowest BCUT2D eigenvalue weighted by molar-refractivity contribution is -0.120. The predicted octanol–water partition coefficient (Wildman–Crippen LogP) is 3.79. The van der Waals surface area contributed by atoms with E-state index in [1.165, 1.54) is 35.2 Å². The van der Waals surface area contributed by atoms with Gasteiger partial charge in [0, 0.05) is 12.2 Å². The summed E-state index contributed by atoms with van der Waals surface area (Å²) < 4.78 is 2.06. The van der Waals surface area contributed by atoms with E-state index in [9.17, 15) is 4.79 Å². The van der Waals surface area contributed by atoms with E-state index >= 15 is 0 Å². The highest BCUT2D eigenvalue weighted by atomic mass is 16.1. The number of nitrogens with one attached hydrogen (secondary N) is 1. The third-order valence-corrected chi connectivity index (χ3v) is 5.22. The summed E-state index contributed by atoms with van der Waals surface area (Å²) in [5.74, 6) is 0.0588. The van der Waals surface area contributed by atoms with Crippen molar-refractivity contribution < 1.29 is 4.79 Å². The normalized spacial score (nSPS) is 13.2. The summed E-state index contributed by atoms with van der Waals surface area (Å²) in [6.07, 6.45) is 7.15. The lowest BCUT2D eigenvalue weighted by atomic mass is 9.98. The molecule has 138 valence electrons. The van der Waals surface area contributed by atoms with Gasteiger partial charge >= 0.3 is 0 Å². The van der Waals surface area contributed by atoms with E-state index < -0.39 is 0 Å². The third kappa shape index (κ3) is 4.27. The average molecular weight is 359 g/mol. The van der Waals surface area contributed by atoms with Gasteiger partial charge in [0.25, 0.3) is 0 Å². The van der Waals surface area contributed by atoms with Crippen LogP contribution in [0.4, 0.5) is 0 Å². The fourth-order valence-corrected chi connectivity index (χ4v) is 3.74. The van der Waals surface area contributed by atoms with Gasteiger partial charge in [-0.1, -0.05) is 54.6 Å². The zero-order chi connectivity index (χ0) is 18.5. The van der Waals surface area contributed by atoms with Crippen LogP contribution in [0.5, 0.6) is 0 Å². The standard InChI is InChI=1S/C23H25N3O/c27-23(24-14-15-26-22-9-5-4-8-21(22)17-25-26)16-18-10-12-20(13-11-18)19-6-2-1-3-7-19/h1-3,6-7,10-13,17H,4-5,8-9,14-16H2,(H,24,27). The van der Waals surface area contributed by atoms with Gasteiger partial charge in [-0.3, -0.25) is 9.48 Å². The number of rotatable bonds is 6. The van der Waals surface area contributed by atoms with Crippen molar-refractivity contribution in [3.8, 4) is 11.1 Å². The van der Waals surface area contributed by atoms with Crippen LogP contribution in [0.15, 0.2) is 60.8 Å². The van der Waals surface area contributed by atoms with Crippen LogP contribution in [-0.4, -0.2) is 22.2 Å². The highest BCUT2D eigenvalue weighted by molar-refractivity contribution is 5.78. The molecule has 2 aromatic carbocycles. The minimum absolute atomic E-state index is 0.0588. The maximum absolute atomic E-state index is 12.2. The molecule has 0 saturated carbocycles. The van der Waals surface area contributed by atoms with Crippen LogP contribution in [0.1, 0.15) is 29.7 Å². The molecule has 1 aliphatic rings. The smallest absolute Gasteiger partial charge is 0.224 e. The van der Waals surface area contributed by atoms with Gasteiger partial charge < -0.3 is 5.32 Å². The van der Waals surface area contributed by atoms with Gasteiger partial charge in [-0.25, -0.2) is 0 Å². The van der Waals surface area contributed by atoms with Crippen molar-refractivity contribution in [1.82, 2.24) is 15.1 Å². The lowest BCUT2D eigenvalue weighted by Crippen LogP contribution is -2.29. The van der Waals surface area contributed by atoms with E-state index in [1.54, 1.807) is 0 Å². The molecule has 0 unspecified atom stereocenters. The van der Waals surface area contributed by atoms with E-state index in [1.807, 2.05) is 36.5 Å². The van der Waals surface area contributed by atoms with Crippen molar-refractivity contribution >= 4 is 5.91 Å². The second-order valence-electron chi connectivity index (χ2n) is 7.14. The average Bonchev–Trinajstić information content (AvgIpc) is 3.12. The van der Waals surface area contributed by atoms with E-state index in [0.29, 0.717) is 13.0 Å². The molecule has 0 fully saturated rings. The Morgan fingerprint density at radius 1 is 0.963 bits per heavy atom. The Balaban J connectivity index is 1.28. The molecule has 3 aromatic rings. The number of aryl methyl sites for hydroxylation is 1. The van der Waals surface area contributed by atoms with Crippen molar-refractivity contribution in [1.29, 1.82) is 0 Å². The zero-order valence-electron chi connectivity index (χ0n) is 15.5. The third-order valence-electron chi connectivity index (χ3n) is 5.22. The van der Waals surface area contributed by atoms with E-state index in [4.69, 9.17) is 0 Å². The molecule has 4 rings (SSSR count). The first kappa shape index (κ1) is 17.5. The van der Waals surface area contributed by atoms with Gasteiger partial charge in [-0.2, -0.15) is 5.10 Å². The molecule has 4 nitrogen and oxygen atoms in total. The molecule has 1 aromatic heterocycles. The highest BCUT2D eigenvalue weighted by Crippen LogP contribution is 2.21. The van der Waals surface area contributed by atoms with E-state index in [2.05, 4.69) is 39.4 Å². The Hall–Kier alpha value is -2.88. The first-order valence-corrected chi connectivity index (χ1v) is 9.74. The number of aromatic nitrogens is 2. The number of nitrogens with zero attached hydrogens (tertiary/aromatic N) is 2. The molecule has 4 heteroatoms. The quantitative estimate of drug-likeness (QED) is 0.728. The first-order chi connectivity index (χ1) is 13.3. The van der Waals surface area contributed by atoms with Crippen molar-refractivity contribution in [3.05, 3.63) is 77.6 Å². The molecule has 0 atom stereocenters. The fraction of sp³-hybridized carbons (Fsp3) is 0.304. The maximum atomic E-state index is 12.2. The molecule has 0 aliphatic heterocycles. The van der Waals surface area contributed by atoms with Crippen LogP contribution in [0, 0.1) is 0 Å². The van der Waals surface area contributed by atoms with E-state index in [0.717, 1.165) is 24.9 Å². The molecule has 1 N–H and O–H groups in total. The Morgan fingerprint density at radius 3 is 2.52 bits per heavy atom. The van der Waals surface area contributed by atoms with Crippen molar-refractivity contribution in [2.75, 3.05) is 6.54 Å². The molecule has 1 heterocycles.